The first-order chi connectivity index (χ1) is 17.8. The fraction of sp³-hybridized carbons (Fsp3) is 0.385. The minimum absolute atomic E-state index is 0.0340. The molecule has 2 aromatic carbocycles. The summed E-state index contributed by atoms with van der Waals surface area (Å²) in [6.07, 6.45) is -3.74. The second kappa shape index (κ2) is 13.8. The molecule has 0 radical (unpaired) electrons. The third-order valence-electron chi connectivity index (χ3n) is 5.58. The molecule has 0 bridgehead atoms. The molecule has 1 fully saturated rings. The van der Waals surface area contributed by atoms with Gasteiger partial charge in [0, 0.05) is 47.4 Å². The van der Waals surface area contributed by atoms with Gasteiger partial charge in [0.15, 0.2) is 0 Å². The van der Waals surface area contributed by atoms with Crippen LogP contribution in [0.25, 0.3) is 0 Å². The number of alkyl halides is 3. The highest BCUT2D eigenvalue weighted by molar-refractivity contribution is 6.30. The molecule has 38 heavy (non-hydrogen) atoms. The predicted octanol–water partition coefficient (Wildman–Crippen LogP) is 4.85. The first-order valence-corrected chi connectivity index (χ1v) is 12.2. The van der Waals surface area contributed by atoms with E-state index in [9.17, 15) is 27.6 Å². The summed E-state index contributed by atoms with van der Waals surface area (Å²) in [7, 11) is 0. The summed E-state index contributed by atoms with van der Waals surface area (Å²) in [5, 5.41) is 13.5. The van der Waals surface area contributed by atoms with Crippen LogP contribution < -0.4 is 10.6 Å². The second-order valence-corrected chi connectivity index (χ2v) is 9.48. The number of amides is 3. The van der Waals surface area contributed by atoms with Gasteiger partial charge in [0.2, 0.25) is 5.91 Å². The van der Waals surface area contributed by atoms with Crippen LogP contribution in [0.5, 0.6) is 0 Å². The summed E-state index contributed by atoms with van der Waals surface area (Å²) in [4.78, 5) is 48.0. The van der Waals surface area contributed by atoms with Gasteiger partial charge in [-0.3, -0.25) is 14.4 Å². The molecule has 1 aliphatic rings. The van der Waals surface area contributed by atoms with E-state index in [1.54, 1.807) is 53.4 Å². The maximum atomic E-state index is 12.8. The number of carboxylic acids is 1. The molecule has 2 aromatic rings. The Labute approximate surface area is 223 Å². The Bertz CT molecular complexity index is 1110. The van der Waals surface area contributed by atoms with Crippen molar-refractivity contribution < 1.29 is 37.5 Å². The topological polar surface area (TPSA) is 116 Å². The molecule has 3 rings (SSSR count). The summed E-state index contributed by atoms with van der Waals surface area (Å²) in [6.45, 7) is 5.94. The summed E-state index contributed by atoms with van der Waals surface area (Å²) >= 11 is 5.85. The molecule has 12 heteroatoms. The molecular formula is C26H29ClF3N3O5. The van der Waals surface area contributed by atoms with Crippen LogP contribution in [-0.2, 0) is 9.59 Å². The van der Waals surface area contributed by atoms with Gasteiger partial charge in [-0.15, -0.1) is 0 Å². The van der Waals surface area contributed by atoms with Gasteiger partial charge in [-0.1, -0.05) is 25.4 Å². The van der Waals surface area contributed by atoms with Crippen molar-refractivity contribution in [3.05, 3.63) is 64.7 Å². The maximum absolute atomic E-state index is 12.8. The summed E-state index contributed by atoms with van der Waals surface area (Å²) in [6, 6.07) is 13.5. The molecule has 1 saturated heterocycles. The molecule has 8 nitrogen and oxygen atoms in total. The molecule has 0 saturated carbocycles. The quantitative estimate of drug-likeness (QED) is 0.471. The molecular weight excluding hydrogens is 527 g/mol. The molecule has 1 aliphatic heterocycles. The number of aliphatic carboxylic acids is 1. The minimum atomic E-state index is -5.08. The number of carbonyl (C=O) groups is 4. The Balaban J connectivity index is 0.000000638. The lowest BCUT2D eigenvalue weighted by Gasteiger charge is -2.31. The van der Waals surface area contributed by atoms with Crippen LogP contribution >= 0.6 is 11.6 Å². The van der Waals surface area contributed by atoms with Crippen molar-refractivity contribution in [1.29, 1.82) is 0 Å². The van der Waals surface area contributed by atoms with Gasteiger partial charge in [-0.25, -0.2) is 4.79 Å². The smallest absolute Gasteiger partial charge is 0.475 e. The van der Waals surface area contributed by atoms with Gasteiger partial charge in [0.05, 0.1) is 0 Å². The Morgan fingerprint density at radius 2 is 1.47 bits per heavy atom. The van der Waals surface area contributed by atoms with Gasteiger partial charge in [-0.05, 0) is 67.3 Å². The molecule has 0 aromatic heterocycles. The second-order valence-electron chi connectivity index (χ2n) is 9.05. The first kappa shape index (κ1) is 30.6. The van der Waals surface area contributed by atoms with Crippen molar-refractivity contribution in [2.75, 3.05) is 25.0 Å². The fourth-order valence-corrected chi connectivity index (χ4v) is 3.60. The van der Waals surface area contributed by atoms with Crippen molar-refractivity contribution in [3.63, 3.8) is 0 Å². The third-order valence-corrected chi connectivity index (χ3v) is 5.83. The highest BCUT2D eigenvalue weighted by atomic mass is 35.5. The monoisotopic (exact) mass is 555 g/mol. The van der Waals surface area contributed by atoms with Crippen molar-refractivity contribution in [1.82, 2.24) is 10.2 Å². The number of piperidine rings is 1. The van der Waals surface area contributed by atoms with E-state index in [2.05, 4.69) is 24.5 Å². The number of halogens is 4. The number of benzene rings is 2. The number of hydrogen-bond donors (Lipinski definition) is 3. The predicted molar refractivity (Wildman–Crippen MR) is 136 cm³/mol. The van der Waals surface area contributed by atoms with E-state index >= 15 is 0 Å². The van der Waals surface area contributed by atoms with E-state index in [4.69, 9.17) is 21.5 Å². The van der Waals surface area contributed by atoms with Crippen molar-refractivity contribution in [2.24, 2.45) is 11.8 Å². The van der Waals surface area contributed by atoms with Gasteiger partial charge < -0.3 is 20.6 Å². The van der Waals surface area contributed by atoms with Crippen LogP contribution in [0.4, 0.5) is 18.9 Å². The normalized spacial score (nSPS) is 13.8. The summed E-state index contributed by atoms with van der Waals surface area (Å²) < 4.78 is 31.7. The zero-order valence-electron chi connectivity index (χ0n) is 20.8. The molecule has 0 atom stereocenters. The fourth-order valence-electron chi connectivity index (χ4n) is 3.48. The Morgan fingerprint density at radius 1 is 0.974 bits per heavy atom. The average molecular weight is 556 g/mol. The van der Waals surface area contributed by atoms with E-state index in [1.165, 1.54) is 0 Å². The zero-order valence-corrected chi connectivity index (χ0v) is 21.6. The Morgan fingerprint density at radius 3 is 1.95 bits per heavy atom. The molecule has 0 spiro atoms. The lowest BCUT2D eigenvalue weighted by molar-refractivity contribution is -0.192. The molecule has 0 unspecified atom stereocenters. The van der Waals surface area contributed by atoms with Crippen LogP contribution in [0.2, 0.25) is 5.02 Å². The van der Waals surface area contributed by atoms with E-state index in [-0.39, 0.29) is 23.6 Å². The highest BCUT2D eigenvalue weighted by Gasteiger charge is 2.38. The third kappa shape index (κ3) is 9.70. The van der Waals surface area contributed by atoms with Crippen molar-refractivity contribution >= 4 is 41.0 Å². The molecule has 3 amide bonds. The van der Waals surface area contributed by atoms with Crippen LogP contribution in [0.15, 0.2) is 48.5 Å². The average Bonchev–Trinajstić information content (AvgIpc) is 2.87. The lowest BCUT2D eigenvalue weighted by Crippen LogP contribution is -2.43. The number of nitrogens with one attached hydrogen (secondary N) is 2. The molecule has 1 heterocycles. The van der Waals surface area contributed by atoms with E-state index < -0.39 is 12.1 Å². The van der Waals surface area contributed by atoms with E-state index in [1.807, 2.05) is 0 Å². The SMILES string of the molecule is CC(C)CNC(=O)C1CCN(C(=O)c2ccc(NC(=O)c3ccc(Cl)cc3)cc2)CC1.O=C(O)C(F)(F)F. The van der Waals surface area contributed by atoms with Crippen LogP contribution in [0.3, 0.4) is 0 Å². The van der Waals surface area contributed by atoms with Crippen LogP contribution in [0.1, 0.15) is 47.4 Å². The number of hydrogen-bond acceptors (Lipinski definition) is 4. The number of carbonyl (C=O) groups excluding carboxylic acids is 3. The lowest BCUT2D eigenvalue weighted by atomic mass is 9.95. The Hall–Kier alpha value is -3.60. The van der Waals surface area contributed by atoms with Crippen molar-refractivity contribution in [2.45, 2.75) is 32.9 Å². The van der Waals surface area contributed by atoms with E-state index in [0.717, 1.165) is 0 Å². The zero-order chi connectivity index (χ0) is 28.5. The minimum Gasteiger partial charge on any atom is -0.475 e. The number of anilines is 1. The number of nitrogens with zero attached hydrogens (tertiary/aromatic N) is 1. The van der Waals surface area contributed by atoms with Gasteiger partial charge in [0.1, 0.15) is 0 Å². The summed E-state index contributed by atoms with van der Waals surface area (Å²) in [5.74, 6) is -2.59. The largest absolute Gasteiger partial charge is 0.490 e. The van der Waals surface area contributed by atoms with Gasteiger partial charge in [0.25, 0.3) is 11.8 Å². The van der Waals surface area contributed by atoms with Crippen LogP contribution in [-0.4, -0.2) is 59.5 Å². The van der Waals surface area contributed by atoms with Crippen molar-refractivity contribution in [3.8, 4) is 0 Å². The molecule has 0 aliphatic carbocycles. The summed E-state index contributed by atoms with van der Waals surface area (Å²) in [5.41, 5.74) is 1.68. The number of likely N-dealkylation sites (tertiary alicyclic amines) is 1. The molecule has 3 N–H and O–H groups in total. The van der Waals surface area contributed by atoms with Gasteiger partial charge >= 0.3 is 12.1 Å². The van der Waals surface area contributed by atoms with E-state index in [0.29, 0.717) is 60.2 Å². The molecule has 206 valence electrons. The Kier molecular flexibility index (Phi) is 11.1. The van der Waals surface area contributed by atoms with Gasteiger partial charge in [-0.2, -0.15) is 13.2 Å². The van der Waals surface area contributed by atoms with Crippen LogP contribution in [0, 0.1) is 11.8 Å². The highest BCUT2D eigenvalue weighted by Crippen LogP contribution is 2.21. The first-order valence-electron chi connectivity index (χ1n) is 11.8. The standard InChI is InChI=1S/C24H28ClN3O3.C2HF3O2/c1-16(2)15-26-22(29)18-11-13-28(14-12-18)24(31)19-5-9-21(10-6-19)27-23(30)17-3-7-20(25)8-4-17;3-2(4,5)1(6)7/h3-10,16,18H,11-15H2,1-2H3,(H,26,29)(H,27,30);(H,6,7). The number of carboxylic acid groups (broad SMARTS) is 1. The maximum Gasteiger partial charge on any atom is 0.490 e. The number of rotatable bonds is 6.